The average Bonchev–Trinajstić information content (AvgIpc) is 2.31. The van der Waals surface area contributed by atoms with E-state index in [1.54, 1.807) is 0 Å². The van der Waals surface area contributed by atoms with Crippen LogP contribution in [-0.2, 0) is 4.74 Å². The maximum absolute atomic E-state index is 10.9. The molecule has 0 aromatic rings. The molecule has 4 aliphatic carbocycles. The number of hydrogen-bond acceptors (Lipinski definition) is 3. The van der Waals surface area contributed by atoms with Crippen LogP contribution in [0.15, 0.2) is 0 Å². The topological polar surface area (TPSA) is 49.7 Å². The minimum atomic E-state index is -0.725. The van der Waals surface area contributed by atoms with Gasteiger partial charge in [0.15, 0.2) is 6.29 Å². The van der Waals surface area contributed by atoms with E-state index in [1.165, 1.54) is 6.42 Å². The Bertz CT molecular complexity index is 497. The van der Waals surface area contributed by atoms with Gasteiger partial charge in [-0.1, -0.05) is 34.6 Å². The highest BCUT2D eigenvalue weighted by molar-refractivity contribution is 5.44. The molecule has 3 heteroatoms. The fourth-order valence-electron chi connectivity index (χ4n) is 7.03. The van der Waals surface area contributed by atoms with Gasteiger partial charge in [0.05, 0.1) is 11.2 Å². The van der Waals surface area contributed by atoms with Gasteiger partial charge in [0, 0.05) is 17.3 Å². The van der Waals surface area contributed by atoms with Crippen LogP contribution in [0.3, 0.4) is 0 Å². The standard InChI is InChI=1S/C19H32O3/c1-11(2)7-16(5,12(3)4)15(20)22-18-9-14-6-13-8-17(21,10-18)19(13,14)18/h11-15,20-21H,6-10H2,1-5H3. The van der Waals surface area contributed by atoms with Crippen molar-refractivity contribution in [2.75, 3.05) is 0 Å². The second-order valence-corrected chi connectivity index (χ2v) is 9.84. The van der Waals surface area contributed by atoms with Gasteiger partial charge in [-0.25, -0.2) is 0 Å². The molecule has 4 aliphatic rings. The highest BCUT2D eigenvalue weighted by Crippen LogP contribution is 2.91. The van der Waals surface area contributed by atoms with E-state index in [-0.39, 0.29) is 16.4 Å². The molecule has 0 aliphatic heterocycles. The Labute approximate surface area is 134 Å². The zero-order chi connectivity index (χ0) is 16.1. The average molecular weight is 308 g/mol. The van der Waals surface area contributed by atoms with Crippen LogP contribution < -0.4 is 0 Å². The largest absolute Gasteiger partial charge is 0.389 e. The van der Waals surface area contributed by atoms with Crippen molar-refractivity contribution in [2.45, 2.75) is 84.2 Å². The van der Waals surface area contributed by atoms with Crippen molar-refractivity contribution in [3.05, 3.63) is 0 Å². The van der Waals surface area contributed by atoms with E-state index in [4.69, 9.17) is 4.74 Å². The first-order valence-corrected chi connectivity index (χ1v) is 9.19. The van der Waals surface area contributed by atoms with Gasteiger partial charge in [0.1, 0.15) is 0 Å². The fraction of sp³-hybridized carbons (Fsp3) is 1.00. The minimum Gasteiger partial charge on any atom is -0.389 e. The molecule has 126 valence electrons. The van der Waals surface area contributed by atoms with E-state index < -0.39 is 11.9 Å². The first kappa shape index (κ1) is 15.4. The SMILES string of the molecule is CC(C)CC(C)(C(C)C)C(O)OC12CC3CC4CC(O)(C1)C432. The number of aliphatic hydroxyl groups is 2. The van der Waals surface area contributed by atoms with Gasteiger partial charge in [-0.15, -0.1) is 0 Å². The van der Waals surface area contributed by atoms with Crippen molar-refractivity contribution in [3.8, 4) is 0 Å². The minimum absolute atomic E-state index is 0.0384. The summed E-state index contributed by atoms with van der Waals surface area (Å²) in [6.45, 7) is 10.9. The van der Waals surface area contributed by atoms with Crippen LogP contribution in [-0.4, -0.2) is 27.7 Å². The number of rotatable bonds is 6. The summed E-state index contributed by atoms with van der Waals surface area (Å²) >= 11 is 0. The molecule has 0 heterocycles. The molecule has 7 atom stereocenters. The third-order valence-corrected chi connectivity index (χ3v) is 8.19. The van der Waals surface area contributed by atoms with Crippen molar-refractivity contribution < 1.29 is 14.9 Å². The summed E-state index contributed by atoms with van der Waals surface area (Å²) in [6.07, 6.45) is 4.29. The molecule has 2 N–H and O–H groups in total. The lowest BCUT2D eigenvalue weighted by atomic mass is 9.15. The Hall–Kier alpha value is -0.120. The van der Waals surface area contributed by atoms with Gasteiger partial charge < -0.3 is 14.9 Å². The molecule has 0 aromatic heterocycles. The number of hydrogen-bond donors (Lipinski definition) is 2. The zero-order valence-corrected chi connectivity index (χ0v) is 14.7. The summed E-state index contributed by atoms with van der Waals surface area (Å²) in [7, 11) is 0. The lowest BCUT2D eigenvalue weighted by molar-refractivity contribution is -0.529. The Morgan fingerprint density at radius 1 is 1.18 bits per heavy atom. The van der Waals surface area contributed by atoms with Gasteiger partial charge in [-0.2, -0.15) is 0 Å². The molecule has 0 bridgehead atoms. The summed E-state index contributed by atoms with van der Waals surface area (Å²) in [5, 5.41) is 21.7. The molecule has 7 unspecified atom stereocenters. The first-order valence-electron chi connectivity index (χ1n) is 9.19. The van der Waals surface area contributed by atoms with E-state index in [9.17, 15) is 10.2 Å². The predicted octanol–water partition coefficient (Wildman–Crippen LogP) is 3.33. The molecule has 3 nitrogen and oxygen atoms in total. The van der Waals surface area contributed by atoms with Gasteiger partial charge in [0.25, 0.3) is 0 Å². The Kier molecular flexibility index (Phi) is 2.87. The van der Waals surface area contributed by atoms with Gasteiger partial charge >= 0.3 is 0 Å². The van der Waals surface area contributed by atoms with E-state index in [0.717, 1.165) is 25.7 Å². The molecule has 0 saturated heterocycles. The van der Waals surface area contributed by atoms with Crippen molar-refractivity contribution >= 4 is 0 Å². The lowest BCUT2D eigenvalue weighted by Gasteiger charge is -2.93. The van der Waals surface area contributed by atoms with Gasteiger partial charge in [0.2, 0.25) is 0 Å². The third kappa shape index (κ3) is 1.37. The molecule has 0 aromatic carbocycles. The van der Waals surface area contributed by atoms with E-state index >= 15 is 0 Å². The summed E-state index contributed by atoms with van der Waals surface area (Å²) in [5.41, 5.74) is -0.844. The molecule has 4 saturated carbocycles. The molecule has 0 amide bonds. The van der Waals surface area contributed by atoms with Crippen LogP contribution in [0.1, 0.15) is 66.7 Å². The Morgan fingerprint density at radius 3 is 2.27 bits per heavy atom. The number of aliphatic hydroxyl groups excluding tert-OH is 1. The summed E-state index contributed by atoms with van der Waals surface area (Å²) in [6, 6.07) is 0. The molecule has 4 rings (SSSR count). The highest BCUT2D eigenvalue weighted by Gasteiger charge is 2.95. The van der Waals surface area contributed by atoms with E-state index in [1.807, 2.05) is 0 Å². The molecule has 1 spiro atoms. The first-order chi connectivity index (χ1) is 10.1. The molecule has 4 fully saturated rings. The third-order valence-electron chi connectivity index (χ3n) is 8.19. The lowest BCUT2D eigenvalue weighted by Crippen LogP contribution is -2.97. The van der Waals surface area contributed by atoms with Crippen LogP contribution in [0, 0.1) is 34.5 Å². The maximum atomic E-state index is 10.9. The van der Waals surface area contributed by atoms with Crippen molar-refractivity contribution in [1.29, 1.82) is 0 Å². The molecular weight excluding hydrogens is 276 g/mol. The van der Waals surface area contributed by atoms with E-state index in [0.29, 0.717) is 23.7 Å². The highest BCUT2D eigenvalue weighted by atomic mass is 16.6. The maximum Gasteiger partial charge on any atom is 0.160 e. The van der Waals surface area contributed by atoms with Crippen LogP contribution >= 0.6 is 0 Å². The van der Waals surface area contributed by atoms with Crippen molar-refractivity contribution in [3.63, 3.8) is 0 Å². The Morgan fingerprint density at radius 2 is 1.82 bits per heavy atom. The van der Waals surface area contributed by atoms with Crippen molar-refractivity contribution in [2.24, 2.45) is 34.5 Å². The smallest absolute Gasteiger partial charge is 0.160 e. The molecular formula is C19H32O3. The predicted molar refractivity (Wildman–Crippen MR) is 85.1 cm³/mol. The van der Waals surface area contributed by atoms with Crippen LogP contribution in [0.25, 0.3) is 0 Å². The summed E-state index contributed by atoms with van der Waals surface area (Å²) in [4.78, 5) is 0. The summed E-state index contributed by atoms with van der Waals surface area (Å²) < 4.78 is 6.39. The quantitative estimate of drug-likeness (QED) is 0.740. The van der Waals surface area contributed by atoms with E-state index in [2.05, 4.69) is 34.6 Å². The van der Waals surface area contributed by atoms with Crippen LogP contribution in [0.4, 0.5) is 0 Å². The number of ether oxygens (including phenoxy) is 1. The second kappa shape index (κ2) is 4.10. The van der Waals surface area contributed by atoms with Crippen molar-refractivity contribution in [1.82, 2.24) is 0 Å². The van der Waals surface area contributed by atoms with Crippen LogP contribution in [0.2, 0.25) is 0 Å². The molecule has 0 radical (unpaired) electrons. The zero-order valence-electron chi connectivity index (χ0n) is 14.7. The Balaban J connectivity index is 1.52. The van der Waals surface area contributed by atoms with Crippen LogP contribution in [0.5, 0.6) is 0 Å². The molecule has 22 heavy (non-hydrogen) atoms. The second-order valence-electron chi connectivity index (χ2n) is 9.84. The van der Waals surface area contributed by atoms with Gasteiger partial charge in [-0.05, 0) is 49.4 Å². The summed E-state index contributed by atoms with van der Waals surface area (Å²) in [5.74, 6) is 2.22. The fourth-order valence-corrected chi connectivity index (χ4v) is 7.03. The van der Waals surface area contributed by atoms with Gasteiger partial charge in [-0.3, -0.25) is 0 Å². The monoisotopic (exact) mass is 308 g/mol. The normalized spacial score (nSPS) is 51.7.